The van der Waals surface area contributed by atoms with E-state index in [2.05, 4.69) is 5.32 Å². The van der Waals surface area contributed by atoms with Crippen molar-refractivity contribution >= 4 is 22.4 Å². The lowest BCUT2D eigenvalue weighted by molar-refractivity contribution is 0.232. The van der Waals surface area contributed by atoms with Crippen LogP contribution in [0, 0.1) is 19.7 Å². The molecule has 0 aliphatic rings. The van der Waals surface area contributed by atoms with Crippen molar-refractivity contribution in [2.24, 2.45) is 14.1 Å². The van der Waals surface area contributed by atoms with Crippen LogP contribution in [0.4, 0.5) is 15.8 Å². The van der Waals surface area contributed by atoms with Crippen molar-refractivity contribution in [3.8, 4) is 5.75 Å². The predicted octanol–water partition coefficient (Wildman–Crippen LogP) is 2.50. The fraction of sp³-hybridized carbons (Fsp3) is 0.333. The lowest BCUT2D eigenvalue weighted by atomic mass is 10.1. The van der Waals surface area contributed by atoms with E-state index >= 15 is 0 Å². The number of benzene rings is 1. The van der Waals surface area contributed by atoms with Crippen LogP contribution in [0.15, 0.2) is 34.0 Å². The van der Waals surface area contributed by atoms with Crippen LogP contribution in [0.2, 0.25) is 0 Å². The number of aliphatic hydroxyl groups is 1. The Balaban J connectivity index is 2.29. The smallest absolute Gasteiger partial charge is 0.256 e. The van der Waals surface area contributed by atoms with Gasteiger partial charge in [-0.15, -0.1) is 0 Å². The van der Waals surface area contributed by atoms with Gasteiger partial charge in [-0.05, 0) is 31.5 Å². The Hall–Kier alpha value is -3.13. The number of pyridine rings is 2. The van der Waals surface area contributed by atoms with Gasteiger partial charge in [0.1, 0.15) is 11.5 Å². The topological polar surface area (TPSA) is 85.5 Å². The predicted molar refractivity (Wildman–Crippen MR) is 111 cm³/mol. The lowest BCUT2D eigenvalue weighted by Gasteiger charge is -2.18. The molecule has 2 N–H and O–H groups in total. The maximum atomic E-state index is 14.4. The number of ether oxygens (including phenoxy) is 1. The number of fused-ring (bicyclic) bond motifs is 1. The van der Waals surface area contributed by atoms with Crippen molar-refractivity contribution in [3.63, 3.8) is 0 Å². The Labute approximate surface area is 167 Å². The highest BCUT2D eigenvalue weighted by Crippen LogP contribution is 2.28. The first-order chi connectivity index (χ1) is 13.8. The highest BCUT2D eigenvalue weighted by Gasteiger charge is 2.20. The van der Waals surface area contributed by atoms with E-state index in [4.69, 9.17) is 9.84 Å². The minimum absolute atomic E-state index is 0.0546. The summed E-state index contributed by atoms with van der Waals surface area (Å²) in [5, 5.41) is 12.1. The molecular weight excluding hydrogens is 377 g/mol. The van der Waals surface area contributed by atoms with Crippen LogP contribution in [0.1, 0.15) is 17.5 Å². The first kappa shape index (κ1) is 20.6. The van der Waals surface area contributed by atoms with Crippen LogP contribution in [-0.4, -0.2) is 27.5 Å². The molecule has 29 heavy (non-hydrogen) atoms. The molecule has 0 spiro atoms. The Morgan fingerprint density at radius 1 is 1.21 bits per heavy atom. The highest BCUT2D eigenvalue weighted by molar-refractivity contribution is 5.94. The van der Waals surface area contributed by atoms with Crippen LogP contribution >= 0.6 is 0 Å². The molecule has 0 aliphatic heterocycles. The molecule has 0 aliphatic carbocycles. The third kappa shape index (κ3) is 3.75. The quantitative estimate of drug-likeness (QED) is 0.620. The summed E-state index contributed by atoms with van der Waals surface area (Å²) in [6.45, 7) is 3.49. The highest BCUT2D eigenvalue weighted by atomic mass is 19.1. The van der Waals surface area contributed by atoms with Gasteiger partial charge in [-0.3, -0.25) is 14.2 Å². The number of halogens is 1. The fourth-order valence-corrected chi connectivity index (χ4v) is 3.33. The van der Waals surface area contributed by atoms with E-state index in [1.165, 1.54) is 16.8 Å². The standard InChI is InChI=1S/C21H24FN3O4/c1-12-6-7-15(14(22)10-12)23-18-13(2)21(28)25(4)20-17(18)19(27)16(11-24(20)3)29-9-5-8-26/h6-7,10-11,23,26H,5,8-9H2,1-4H3. The third-order valence-electron chi connectivity index (χ3n) is 4.83. The van der Waals surface area contributed by atoms with Crippen molar-refractivity contribution in [1.82, 2.24) is 9.13 Å². The number of anilines is 2. The first-order valence-electron chi connectivity index (χ1n) is 9.26. The molecule has 3 aromatic rings. The average molecular weight is 401 g/mol. The van der Waals surface area contributed by atoms with Gasteiger partial charge in [0.2, 0.25) is 5.43 Å². The third-order valence-corrected chi connectivity index (χ3v) is 4.83. The fourth-order valence-electron chi connectivity index (χ4n) is 3.33. The SMILES string of the molecule is Cc1ccc(Nc2c(C)c(=O)n(C)c3c2c(=O)c(OCCCO)cn3C)c(F)c1. The van der Waals surface area contributed by atoms with Gasteiger partial charge in [-0.2, -0.15) is 0 Å². The lowest BCUT2D eigenvalue weighted by Crippen LogP contribution is -2.27. The molecular formula is C21H24FN3O4. The van der Waals surface area contributed by atoms with Gasteiger partial charge >= 0.3 is 0 Å². The molecule has 0 bridgehead atoms. The van der Waals surface area contributed by atoms with E-state index in [0.717, 1.165) is 5.56 Å². The van der Waals surface area contributed by atoms with Crippen molar-refractivity contribution < 1.29 is 14.2 Å². The van der Waals surface area contributed by atoms with Crippen molar-refractivity contribution in [1.29, 1.82) is 0 Å². The van der Waals surface area contributed by atoms with Crippen LogP contribution in [-0.2, 0) is 14.1 Å². The maximum Gasteiger partial charge on any atom is 0.256 e. The van der Waals surface area contributed by atoms with Crippen molar-refractivity contribution in [2.45, 2.75) is 20.3 Å². The van der Waals surface area contributed by atoms with Gasteiger partial charge in [-0.1, -0.05) is 6.07 Å². The summed E-state index contributed by atoms with van der Waals surface area (Å²) in [6, 6.07) is 4.69. The molecule has 0 saturated heterocycles. The van der Waals surface area contributed by atoms with Gasteiger partial charge in [0.15, 0.2) is 5.75 Å². The second-order valence-electron chi connectivity index (χ2n) is 7.03. The van der Waals surface area contributed by atoms with Gasteiger partial charge in [0, 0.05) is 32.7 Å². The maximum absolute atomic E-state index is 14.4. The Morgan fingerprint density at radius 3 is 2.59 bits per heavy atom. The normalized spacial score (nSPS) is 11.1. The minimum Gasteiger partial charge on any atom is -0.488 e. The zero-order chi connectivity index (χ0) is 21.3. The number of nitrogens with one attached hydrogen (secondary N) is 1. The summed E-state index contributed by atoms with van der Waals surface area (Å²) in [7, 11) is 3.28. The van der Waals surface area contributed by atoms with Crippen LogP contribution < -0.4 is 21.0 Å². The number of hydrogen-bond donors (Lipinski definition) is 2. The summed E-state index contributed by atoms with van der Waals surface area (Å²) in [5.41, 5.74) is 1.15. The largest absolute Gasteiger partial charge is 0.488 e. The molecule has 0 saturated carbocycles. The molecule has 2 heterocycles. The van der Waals surface area contributed by atoms with Gasteiger partial charge in [0.25, 0.3) is 5.56 Å². The summed E-state index contributed by atoms with van der Waals surface area (Å²) < 4.78 is 23.0. The van der Waals surface area contributed by atoms with E-state index in [1.807, 2.05) is 0 Å². The van der Waals surface area contributed by atoms with Crippen LogP contribution in [0.5, 0.6) is 5.75 Å². The molecule has 154 valence electrons. The van der Waals surface area contributed by atoms with E-state index in [9.17, 15) is 14.0 Å². The molecule has 3 rings (SSSR count). The first-order valence-corrected chi connectivity index (χ1v) is 9.26. The summed E-state index contributed by atoms with van der Waals surface area (Å²) in [6.07, 6.45) is 1.89. The van der Waals surface area contributed by atoms with E-state index in [-0.39, 0.29) is 41.3 Å². The molecule has 2 aromatic heterocycles. The average Bonchev–Trinajstić information content (AvgIpc) is 2.67. The number of aryl methyl sites for hydroxylation is 3. The molecule has 1 aromatic carbocycles. The molecule has 7 nitrogen and oxygen atoms in total. The summed E-state index contributed by atoms with van der Waals surface area (Å²) in [4.78, 5) is 25.9. The number of aliphatic hydroxyl groups excluding tert-OH is 1. The van der Waals surface area contributed by atoms with Gasteiger partial charge in [0.05, 0.1) is 29.6 Å². The molecule has 0 fully saturated rings. The minimum atomic E-state index is -0.481. The van der Waals surface area contributed by atoms with E-state index in [1.54, 1.807) is 44.6 Å². The van der Waals surface area contributed by atoms with Crippen LogP contribution in [0.25, 0.3) is 11.0 Å². The monoisotopic (exact) mass is 401 g/mol. The zero-order valence-corrected chi connectivity index (χ0v) is 16.9. The summed E-state index contributed by atoms with van der Waals surface area (Å²) >= 11 is 0. The number of nitrogens with zero attached hydrogens (tertiary/aromatic N) is 2. The number of hydrogen-bond acceptors (Lipinski definition) is 5. The molecule has 0 unspecified atom stereocenters. The Kier molecular flexibility index (Phi) is 5.74. The van der Waals surface area contributed by atoms with E-state index < -0.39 is 11.2 Å². The van der Waals surface area contributed by atoms with E-state index in [0.29, 0.717) is 17.6 Å². The Morgan fingerprint density at radius 2 is 1.93 bits per heavy atom. The molecule has 0 amide bonds. The summed E-state index contributed by atoms with van der Waals surface area (Å²) in [5.74, 6) is -0.385. The van der Waals surface area contributed by atoms with Gasteiger partial charge < -0.3 is 19.7 Å². The Bertz CT molecular complexity index is 1200. The van der Waals surface area contributed by atoms with Crippen molar-refractivity contribution in [3.05, 3.63) is 61.9 Å². The molecule has 0 radical (unpaired) electrons. The van der Waals surface area contributed by atoms with Gasteiger partial charge in [-0.25, -0.2) is 4.39 Å². The van der Waals surface area contributed by atoms with Crippen LogP contribution in [0.3, 0.4) is 0 Å². The second kappa shape index (κ2) is 8.08. The number of rotatable bonds is 6. The number of aromatic nitrogens is 2. The van der Waals surface area contributed by atoms with Crippen molar-refractivity contribution in [2.75, 3.05) is 18.5 Å². The molecule has 0 atom stereocenters. The molecule has 8 heteroatoms. The second-order valence-corrected chi connectivity index (χ2v) is 7.03. The zero-order valence-electron chi connectivity index (χ0n) is 16.9.